The second-order valence-corrected chi connectivity index (χ2v) is 10.3. The lowest BCUT2D eigenvalue weighted by atomic mass is 10.0. The van der Waals surface area contributed by atoms with E-state index in [1.165, 1.54) is 22.8 Å². The number of nitrogens with one attached hydrogen (secondary N) is 1. The van der Waals surface area contributed by atoms with E-state index in [4.69, 9.17) is 9.72 Å². The minimum Gasteiger partial charge on any atom is -0.378 e. The molecule has 2 aromatic carbocycles. The molecule has 1 aliphatic heterocycles. The molecule has 1 aromatic heterocycles. The van der Waals surface area contributed by atoms with Crippen molar-refractivity contribution in [3.63, 3.8) is 0 Å². The van der Waals surface area contributed by atoms with Gasteiger partial charge in [0.2, 0.25) is 5.95 Å². The van der Waals surface area contributed by atoms with Crippen LogP contribution in [0.3, 0.4) is 0 Å². The number of anilines is 2. The van der Waals surface area contributed by atoms with Crippen LogP contribution >= 0.6 is 0 Å². The predicted molar refractivity (Wildman–Crippen MR) is 126 cm³/mol. The van der Waals surface area contributed by atoms with Gasteiger partial charge in [-0.25, -0.2) is 13.4 Å². The van der Waals surface area contributed by atoms with Crippen LogP contribution in [0.15, 0.2) is 46.1 Å². The molecule has 1 aliphatic rings. The zero-order valence-electron chi connectivity index (χ0n) is 19.4. The molecule has 1 saturated heterocycles. The molecule has 2 heterocycles. The molecule has 0 amide bonds. The molecular formula is C23H25F3N4O4S. The smallest absolute Gasteiger partial charge is 0.378 e. The lowest BCUT2D eigenvalue weighted by Crippen LogP contribution is -2.40. The second-order valence-electron chi connectivity index (χ2n) is 8.44. The molecule has 1 N–H and O–H groups in total. The van der Waals surface area contributed by atoms with Crippen molar-refractivity contribution >= 4 is 32.4 Å². The SMILES string of the molecule is Cc1cc([C@@H](C)Nc2ccccc2S(=O)(=O)C(F)(F)F)c2nc(N3CCOCC3)n(C)c(=O)c2c1. The van der Waals surface area contributed by atoms with E-state index in [0.29, 0.717) is 48.7 Å². The fourth-order valence-electron chi connectivity index (χ4n) is 4.17. The van der Waals surface area contributed by atoms with E-state index in [9.17, 15) is 26.4 Å². The van der Waals surface area contributed by atoms with Crippen LogP contribution in [-0.2, 0) is 21.6 Å². The van der Waals surface area contributed by atoms with Gasteiger partial charge in [0.1, 0.15) is 0 Å². The molecule has 8 nitrogen and oxygen atoms in total. The fraction of sp³-hybridized carbons (Fsp3) is 0.391. The van der Waals surface area contributed by atoms with Crippen LogP contribution < -0.4 is 15.8 Å². The first kappa shape index (κ1) is 25.0. The highest BCUT2D eigenvalue weighted by molar-refractivity contribution is 7.92. The van der Waals surface area contributed by atoms with Gasteiger partial charge < -0.3 is 15.0 Å². The van der Waals surface area contributed by atoms with Crippen LogP contribution in [0.4, 0.5) is 24.8 Å². The van der Waals surface area contributed by atoms with Gasteiger partial charge in [0, 0.05) is 25.7 Å². The molecule has 0 spiro atoms. The number of hydrogen-bond donors (Lipinski definition) is 1. The number of aromatic nitrogens is 2. The Morgan fingerprint density at radius 2 is 1.80 bits per heavy atom. The summed E-state index contributed by atoms with van der Waals surface area (Å²) in [5.74, 6) is 0.461. The van der Waals surface area contributed by atoms with Crippen molar-refractivity contribution in [2.24, 2.45) is 7.05 Å². The minimum absolute atomic E-state index is 0.191. The van der Waals surface area contributed by atoms with E-state index >= 15 is 0 Å². The van der Waals surface area contributed by atoms with Crippen molar-refractivity contribution in [1.82, 2.24) is 9.55 Å². The Labute approximate surface area is 200 Å². The maximum atomic E-state index is 13.2. The van der Waals surface area contributed by atoms with Gasteiger partial charge in [-0.3, -0.25) is 9.36 Å². The van der Waals surface area contributed by atoms with Gasteiger partial charge in [-0.05, 0) is 37.6 Å². The summed E-state index contributed by atoms with van der Waals surface area (Å²) in [5, 5.41) is 3.26. The Morgan fingerprint density at radius 3 is 2.46 bits per heavy atom. The van der Waals surface area contributed by atoms with Gasteiger partial charge in [0.05, 0.1) is 40.7 Å². The van der Waals surface area contributed by atoms with Crippen LogP contribution in [0.2, 0.25) is 0 Å². The number of alkyl halides is 3. The van der Waals surface area contributed by atoms with Crippen LogP contribution in [-0.4, -0.2) is 49.8 Å². The molecule has 35 heavy (non-hydrogen) atoms. The highest BCUT2D eigenvalue weighted by atomic mass is 32.2. The van der Waals surface area contributed by atoms with Crippen LogP contribution in [0.5, 0.6) is 0 Å². The topological polar surface area (TPSA) is 93.5 Å². The minimum atomic E-state index is -5.57. The monoisotopic (exact) mass is 510 g/mol. The number of sulfone groups is 1. The van der Waals surface area contributed by atoms with Crippen LogP contribution in [0.1, 0.15) is 24.1 Å². The number of rotatable bonds is 5. The highest BCUT2D eigenvalue weighted by Gasteiger charge is 2.48. The molecular weight excluding hydrogens is 485 g/mol. The van der Waals surface area contributed by atoms with Crippen molar-refractivity contribution < 1.29 is 26.3 Å². The lowest BCUT2D eigenvalue weighted by Gasteiger charge is -2.29. The number of nitrogens with zero attached hydrogens (tertiary/aromatic N) is 3. The van der Waals surface area contributed by atoms with Gasteiger partial charge in [-0.15, -0.1) is 0 Å². The highest BCUT2D eigenvalue weighted by Crippen LogP contribution is 2.36. The first-order valence-corrected chi connectivity index (χ1v) is 12.4. The third kappa shape index (κ3) is 4.59. The zero-order chi connectivity index (χ0) is 25.5. The largest absolute Gasteiger partial charge is 0.501 e. The quantitative estimate of drug-likeness (QED) is 0.561. The molecule has 0 radical (unpaired) electrons. The number of benzene rings is 2. The summed E-state index contributed by atoms with van der Waals surface area (Å²) >= 11 is 0. The van der Waals surface area contributed by atoms with E-state index in [1.807, 2.05) is 4.90 Å². The van der Waals surface area contributed by atoms with Gasteiger partial charge >= 0.3 is 5.51 Å². The Morgan fingerprint density at radius 1 is 1.14 bits per heavy atom. The Kier molecular flexibility index (Phi) is 6.54. The maximum absolute atomic E-state index is 13.2. The van der Waals surface area contributed by atoms with E-state index in [0.717, 1.165) is 11.6 Å². The van der Waals surface area contributed by atoms with Gasteiger partial charge in [-0.1, -0.05) is 18.2 Å². The van der Waals surface area contributed by atoms with E-state index in [-0.39, 0.29) is 11.2 Å². The molecule has 0 bridgehead atoms. The summed E-state index contributed by atoms with van der Waals surface area (Å²) in [7, 11) is -3.93. The summed E-state index contributed by atoms with van der Waals surface area (Å²) in [6.45, 7) is 5.59. The molecule has 4 rings (SSSR count). The predicted octanol–water partition coefficient (Wildman–Crippen LogP) is 3.55. The number of para-hydroxylation sites is 1. The molecule has 0 saturated carbocycles. The van der Waals surface area contributed by atoms with Crippen LogP contribution in [0, 0.1) is 6.92 Å². The molecule has 0 unspecified atom stereocenters. The summed E-state index contributed by atoms with van der Waals surface area (Å²) < 4.78 is 70.9. The number of aryl methyl sites for hydroxylation is 1. The second kappa shape index (κ2) is 9.15. The first-order valence-electron chi connectivity index (χ1n) is 10.9. The van der Waals surface area contributed by atoms with E-state index in [2.05, 4.69) is 5.32 Å². The zero-order valence-corrected chi connectivity index (χ0v) is 20.2. The number of hydrogen-bond acceptors (Lipinski definition) is 7. The van der Waals surface area contributed by atoms with Crippen LogP contribution in [0.25, 0.3) is 10.9 Å². The fourth-order valence-corrected chi connectivity index (χ4v) is 5.10. The third-order valence-corrected chi connectivity index (χ3v) is 7.49. The van der Waals surface area contributed by atoms with Crippen molar-refractivity contribution in [2.45, 2.75) is 30.3 Å². The summed E-state index contributed by atoms with van der Waals surface area (Å²) in [6, 6.07) is 7.71. The summed E-state index contributed by atoms with van der Waals surface area (Å²) in [6.07, 6.45) is 0. The molecule has 1 fully saturated rings. The van der Waals surface area contributed by atoms with Gasteiger partial charge in [-0.2, -0.15) is 13.2 Å². The summed E-state index contributed by atoms with van der Waals surface area (Å²) in [4.78, 5) is 19.1. The molecule has 188 valence electrons. The maximum Gasteiger partial charge on any atom is 0.501 e. The Bertz CT molecular complexity index is 1430. The standard InChI is InChI=1S/C23H25F3N4O4S/c1-14-12-16(15(2)27-18-6-4-5-7-19(18)35(32,33)23(24,25)26)20-17(13-14)21(31)29(3)22(28-20)30-8-10-34-11-9-30/h4-7,12-13,15,27H,8-11H2,1-3H3/t15-/m1/s1. The number of ether oxygens (including phenoxy) is 1. The first-order chi connectivity index (χ1) is 16.4. The van der Waals surface area contributed by atoms with Crippen molar-refractivity contribution in [3.8, 4) is 0 Å². The van der Waals surface area contributed by atoms with Gasteiger partial charge in [0.15, 0.2) is 0 Å². The normalized spacial score (nSPS) is 15.9. The summed E-state index contributed by atoms with van der Waals surface area (Å²) in [5.41, 5.74) is -4.17. The molecule has 1 atom stereocenters. The van der Waals surface area contributed by atoms with Crippen molar-refractivity contribution in [3.05, 3.63) is 57.9 Å². The average Bonchev–Trinajstić information content (AvgIpc) is 2.81. The lowest BCUT2D eigenvalue weighted by molar-refractivity contribution is -0.0435. The Hall–Kier alpha value is -3.12. The third-order valence-electron chi connectivity index (χ3n) is 5.94. The van der Waals surface area contributed by atoms with Crippen molar-refractivity contribution in [2.75, 3.05) is 36.5 Å². The molecule has 3 aromatic rings. The molecule has 12 heteroatoms. The molecule has 0 aliphatic carbocycles. The van der Waals surface area contributed by atoms with E-state index in [1.54, 1.807) is 33.0 Å². The Balaban J connectivity index is 1.83. The van der Waals surface area contributed by atoms with E-state index < -0.39 is 26.3 Å². The van der Waals surface area contributed by atoms with Crippen molar-refractivity contribution in [1.29, 1.82) is 0 Å². The number of morpholine rings is 1. The number of fused-ring (bicyclic) bond motifs is 1. The van der Waals surface area contributed by atoms with Gasteiger partial charge in [0.25, 0.3) is 15.4 Å². The average molecular weight is 511 g/mol. The number of halogens is 3.